The van der Waals surface area contributed by atoms with Gasteiger partial charge in [0.2, 0.25) is 0 Å². The van der Waals surface area contributed by atoms with Crippen LogP contribution in [0.3, 0.4) is 0 Å². The molecule has 3 heteroatoms. The Morgan fingerprint density at radius 3 is 2.71 bits per heavy atom. The zero-order valence-corrected chi connectivity index (χ0v) is 10.5. The third kappa shape index (κ3) is 3.45. The van der Waals surface area contributed by atoms with Crippen LogP contribution in [0, 0.1) is 5.92 Å². The van der Waals surface area contributed by atoms with Crippen molar-refractivity contribution in [1.29, 1.82) is 0 Å². The van der Waals surface area contributed by atoms with Gasteiger partial charge in [0.1, 0.15) is 0 Å². The fraction of sp³-hybridized carbons (Fsp3) is 0.571. The van der Waals surface area contributed by atoms with Crippen molar-refractivity contribution in [3.8, 4) is 0 Å². The molecule has 1 aromatic carbocycles. The van der Waals surface area contributed by atoms with Gasteiger partial charge in [-0.1, -0.05) is 18.2 Å². The van der Waals surface area contributed by atoms with Crippen LogP contribution in [0.5, 0.6) is 0 Å². The van der Waals surface area contributed by atoms with E-state index in [9.17, 15) is 5.11 Å². The Balaban J connectivity index is 1.72. The number of nitrogens with zero attached hydrogens (tertiary/aromatic N) is 1. The van der Waals surface area contributed by atoms with Gasteiger partial charge in [0.15, 0.2) is 0 Å². The van der Waals surface area contributed by atoms with E-state index in [1.165, 1.54) is 5.56 Å². The summed E-state index contributed by atoms with van der Waals surface area (Å²) in [6.07, 6.45) is 2.90. The molecule has 0 spiro atoms. The Morgan fingerprint density at radius 2 is 2.06 bits per heavy atom. The lowest BCUT2D eigenvalue weighted by Gasteiger charge is -2.34. The van der Waals surface area contributed by atoms with E-state index in [0.717, 1.165) is 38.0 Å². The second-order valence-electron chi connectivity index (χ2n) is 5.20. The molecule has 0 bridgehead atoms. The summed E-state index contributed by atoms with van der Waals surface area (Å²) in [6, 6.07) is 8.06. The molecule has 3 nitrogen and oxygen atoms in total. The van der Waals surface area contributed by atoms with E-state index in [-0.39, 0.29) is 6.10 Å². The molecule has 3 N–H and O–H groups in total. The van der Waals surface area contributed by atoms with E-state index in [1.807, 2.05) is 18.2 Å². The number of likely N-dealkylation sites (N-methyl/N-ethyl adjacent to an activating group) is 1. The maximum absolute atomic E-state index is 9.24. The number of rotatable bonds is 5. The van der Waals surface area contributed by atoms with E-state index in [1.54, 1.807) is 0 Å². The molecule has 0 radical (unpaired) electrons. The summed E-state index contributed by atoms with van der Waals surface area (Å²) >= 11 is 0. The first-order chi connectivity index (χ1) is 8.15. The van der Waals surface area contributed by atoms with Crippen molar-refractivity contribution in [2.45, 2.75) is 25.4 Å². The summed E-state index contributed by atoms with van der Waals surface area (Å²) in [7, 11) is 2.14. The van der Waals surface area contributed by atoms with Gasteiger partial charge in [-0.15, -0.1) is 0 Å². The highest BCUT2D eigenvalue weighted by Crippen LogP contribution is 2.27. The van der Waals surface area contributed by atoms with Gasteiger partial charge in [-0.3, -0.25) is 0 Å². The lowest BCUT2D eigenvalue weighted by Crippen LogP contribution is -2.37. The third-order valence-electron chi connectivity index (χ3n) is 3.60. The molecular formula is C14H22N2O. The molecule has 1 aromatic rings. The molecule has 1 aliphatic rings. The molecule has 94 valence electrons. The maximum Gasteiger partial charge on any atom is 0.0546 e. The summed E-state index contributed by atoms with van der Waals surface area (Å²) in [5.41, 5.74) is 8.03. The van der Waals surface area contributed by atoms with Crippen LogP contribution in [0.25, 0.3) is 0 Å². The van der Waals surface area contributed by atoms with Crippen LogP contribution in [-0.2, 0) is 6.42 Å². The highest BCUT2D eigenvalue weighted by Gasteiger charge is 2.27. The standard InChI is InChI=1S/C14H22N2O/c1-16(10-11-8-13(17)9-11)7-6-12-4-2-3-5-14(12)15/h2-5,11,13,17H,6-10,15H2,1H3. The van der Waals surface area contributed by atoms with Gasteiger partial charge < -0.3 is 15.7 Å². The number of nitrogens with two attached hydrogens (primary N) is 1. The second-order valence-corrected chi connectivity index (χ2v) is 5.20. The van der Waals surface area contributed by atoms with E-state index in [4.69, 9.17) is 5.73 Å². The third-order valence-corrected chi connectivity index (χ3v) is 3.60. The molecule has 0 amide bonds. The van der Waals surface area contributed by atoms with Gasteiger partial charge in [0.05, 0.1) is 6.10 Å². The van der Waals surface area contributed by atoms with Crippen molar-refractivity contribution in [2.24, 2.45) is 5.92 Å². The number of hydrogen-bond acceptors (Lipinski definition) is 3. The second kappa shape index (κ2) is 5.52. The SMILES string of the molecule is CN(CCc1ccccc1N)CC1CC(O)C1. The zero-order chi connectivity index (χ0) is 12.3. The molecule has 0 aromatic heterocycles. The molecule has 0 aliphatic heterocycles. The van der Waals surface area contributed by atoms with Crippen molar-refractivity contribution in [3.63, 3.8) is 0 Å². The molecule has 0 atom stereocenters. The Morgan fingerprint density at radius 1 is 1.35 bits per heavy atom. The van der Waals surface area contributed by atoms with Crippen LogP contribution in [0.2, 0.25) is 0 Å². The molecule has 0 saturated heterocycles. The predicted octanol–water partition coefficient (Wildman–Crippen LogP) is 1.51. The highest BCUT2D eigenvalue weighted by atomic mass is 16.3. The molecule has 0 heterocycles. The number of benzene rings is 1. The lowest BCUT2D eigenvalue weighted by molar-refractivity contribution is 0.0285. The normalized spacial score (nSPS) is 23.7. The molecule has 17 heavy (non-hydrogen) atoms. The summed E-state index contributed by atoms with van der Waals surface area (Å²) in [5, 5.41) is 9.24. The quantitative estimate of drug-likeness (QED) is 0.759. The average molecular weight is 234 g/mol. The summed E-state index contributed by atoms with van der Waals surface area (Å²) in [4.78, 5) is 2.34. The Kier molecular flexibility index (Phi) is 4.02. The Bertz CT molecular complexity index is 361. The van der Waals surface area contributed by atoms with Crippen LogP contribution in [0.1, 0.15) is 18.4 Å². The number of anilines is 1. The Hall–Kier alpha value is -1.06. The minimum atomic E-state index is -0.0434. The van der Waals surface area contributed by atoms with Crippen LogP contribution in [0.15, 0.2) is 24.3 Å². The zero-order valence-electron chi connectivity index (χ0n) is 10.5. The van der Waals surface area contributed by atoms with E-state index >= 15 is 0 Å². The van der Waals surface area contributed by atoms with Crippen molar-refractivity contribution in [3.05, 3.63) is 29.8 Å². The van der Waals surface area contributed by atoms with Crippen LogP contribution >= 0.6 is 0 Å². The average Bonchev–Trinajstić information content (AvgIpc) is 2.26. The molecule has 1 saturated carbocycles. The smallest absolute Gasteiger partial charge is 0.0546 e. The first-order valence-electron chi connectivity index (χ1n) is 6.35. The summed E-state index contributed by atoms with van der Waals surface area (Å²) in [5.74, 6) is 0.683. The van der Waals surface area contributed by atoms with E-state index in [0.29, 0.717) is 5.92 Å². The van der Waals surface area contributed by atoms with Crippen LogP contribution in [0.4, 0.5) is 5.69 Å². The largest absolute Gasteiger partial charge is 0.399 e. The van der Waals surface area contributed by atoms with E-state index < -0.39 is 0 Å². The Labute approximate surface area is 103 Å². The van der Waals surface area contributed by atoms with E-state index in [2.05, 4.69) is 18.0 Å². The number of aliphatic hydroxyl groups excluding tert-OH is 1. The maximum atomic E-state index is 9.24. The fourth-order valence-corrected chi connectivity index (χ4v) is 2.45. The number of para-hydroxylation sites is 1. The molecule has 1 aliphatic carbocycles. The number of hydrogen-bond donors (Lipinski definition) is 2. The summed E-state index contributed by atoms with van der Waals surface area (Å²) in [6.45, 7) is 2.12. The van der Waals surface area contributed by atoms with Crippen molar-refractivity contribution in [2.75, 3.05) is 25.9 Å². The minimum absolute atomic E-state index is 0.0434. The van der Waals surface area contributed by atoms with Gasteiger partial charge in [-0.05, 0) is 43.9 Å². The predicted molar refractivity (Wildman–Crippen MR) is 70.8 cm³/mol. The highest BCUT2D eigenvalue weighted by molar-refractivity contribution is 5.46. The van der Waals surface area contributed by atoms with Crippen molar-refractivity contribution >= 4 is 5.69 Å². The topological polar surface area (TPSA) is 49.5 Å². The van der Waals surface area contributed by atoms with Crippen LogP contribution < -0.4 is 5.73 Å². The molecule has 1 fully saturated rings. The minimum Gasteiger partial charge on any atom is -0.399 e. The number of aliphatic hydroxyl groups is 1. The van der Waals surface area contributed by atoms with Gasteiger partial charge in [-0.25, -0.2) is 0 Å². The molecule has 2 rings (SSSR count). The monoisotopic (exact) mass is 234 g/mol. The lowest BCUT2D eigenvalue weighted by atomic mass is 9.82. The van der Waals surface area contributed by atoms with Gasteiger partial charge in [0, 0.05) is 18.8 Å². The van der Waals surface area contributed by atoms with Gasteiger partial charge >= 0.3 is 0 Å². The van der Waals surface area contributed by atoms with Crippen LogP contribution in [-0.4, -0.2) is 36.2 Å². The summed E-state index contributed by atoms with van der Waals surface area (Å²) < 4.78 is 0. The first-order valence-corrected chi connectivity index (χ1v) is 6.35. The van der Waals surface area contributed by atoms with Crippen molar-refractivity contribution in [1.82, 2.24) is 4.90 Å². The van der Waals surface area contributed by atoms with Crippen molar-refractivity contribution < 1.29 is 5.11 Å². The molecular weight excluding hydrogens is 212 g/mol. The molecule has 0 unspecified atom stereocenters. The van der Waals surface area contributed by atoms with Gasteiger partial charge in [0.25, 0.3) is 0 Å². The number of nitrogen functional groups attached to an aromatic ring is 1. The van der Waals surface area contributed by atoms with Gasteiger partial charge in [-0.2, -0.15) is 0 Å². The first kappa shape index (κ1) is 12.4. The fourth-order valence-electron chi connectivity index (χ4n) is 2.45.